The predicted molar refractivity (Wildman–Crippen MR) is 97.9 cm³/mol. The molecule has 1 aliphatic rings. The topological polar surface area (TPSA) is 85.6 Å². The summed E-state index contributed by atoms with van der Waals surface area (Å²) in [5.41, 5.74) is 1.06. The number of hydrogen-bond donors (Lipinski definition) is 0. The predicted octanol–water partition coefficient (Wildman–Crippen LogP) is 3.44. The van der Waals surface area contributed by atoms with Crippen LogP contribution in [0.4, 0.5) is 11.5 Å². The van der Waals surface area contributed by atoms with Crippen molar-refractivity contribution in [1.29, 1.82) is 0 Å². The van der Waals surface area contributed by atoms with Crippen molar-refractivity contribution in [1.82, 2.24) is 4.98 Å². The van der Waals surface area contributed by atoms with Gasteiger partial charge in [0.05, 0.1) is 17.4 Å². The molecule has 7 heteroatoms. The Balaban J connectivity index is 1.82. The van der Waals surface area contributed by atoms with Gasteiger partial charge in [0, 0.05) is 24.7 Å². The van der Waals surface area contributed by atoms with Crippen LogP contribution in [0.3, 0.4) is 0 Å². The zero-order chi connectivity index (χ0) is 18.5. The van der Waals surface area contributed by atoms with E-state index in [1.54, 1.807) is 13.0 Å². The molecular formula is C19H21N3O4. The molecule has 26 heavy (non-hydrogen) atoms. The van der Waals surface area contributed by atoms with Crippen LogP contribution in [0.25, 0.3) is 11.3 Å². The van der Waals surface area contributed by atoms with Crippen molar-refractivity contribution in [3.05, 3.63) is 52.6 Å². The third-order valence-corrected chi connectivity index (χ3v) is 4.54. The van der Waals surface area contributed by atoms with Gasteiger partial charge >= 0.3 is 5.97 Å². The van der Waals surface area contributed by atoms with E-state index in [1.807, 2.05) is 30.3 Å². The summed E-state index contributed by atoms with van der Waals surface area (Å²) < 4.78 is 5.09. The largest absolute Gasteiger partial charge is 0.466 e. The molecule has 1 aromatic carbocycles. The fourth-order valence-electron chi connectivity index (χ4n) is 3.18. The number of ether oxygens (including phenoxy) is 1. The Bertz CT molecular complexity index is 787. The molecule has 2 heterocycles. The van der Waals surface area contributed by atoms with Crippen LogP contribution in [0, 0.1) is 16.0 Å². The number of nitro groups is 1. The molecule has 0 spiro atoms. The Morgan fingerprint density at radius 1 is 1.23 bits per heavy atom. The maximum Gasteiger partial charge on any atom is 0.309 e. The van der Waals surface area contributed by atoms with Gasteiger partial charge in [-0.3, -0.25) is 14.9 Å². The van der Waals surface area contributed by atoms with E-state index in [0.29, 0.717) is 49.6 Å². The molecule has 0 saturated carbocycles. The van der Waals surface area contributed by atoms with Gasteiger partial charge in [0.1, 0.15) is 5.82 Å². The Kier molecular flexibility index (Phi) is 5.46. The van der Waals surface area contributed by atoms with Crippen LogP contribution in [0.2, 0.25) is 0 Å². The van der Waals surface area contributed by atoms with Crippen LogP contribution in [-0.4, -0.2) is 35.6 Å². The lowest BCUT2D eigenvalue weighted by atomic mass is 9.97. The van der Waals surface area contributed by atoms with Crippen molar-refractivity contribution in [3.63, 3.8) is 0 Å². The third-order valence-electron chi connectivity index (χ3n) is 4.54. The highest BCUT2D eigenvalue weighted by molar-refractivity contribution is 5.73. The number of anilines is 1. The van der Waals surface area contributed by atoms with Crippen LogP contribution in [0.1, 0.15) is 19.8 Å². The van der Waals surface area contributed by atoms with Gasteiger partial charge in [-0.05, 0) is 25.8 Å². The van der Waals surface area contributed by atoms with Crippen LogP contribution >= 0.6 is 0 Å². The summed E-state index contributed by atoms with van der Waals surface area (Å²) >= 11 is 0. The molecule has 2 aromatic rings. The molecule has 1 fully saturated rings. The lowest BCUT2D eigenvalue weighted by Crippen LogP contribution is -2.37. The summed E-state index contributed by atoms with van der Waals surface area (Å²) in [6.45, 7) is 3.54. The van der Waals surface area contributed by atoms with E-state index in [9.17, 15) is 14.9 Å². The number of carbonyl (C=O) groups excluding carboxylic acids is 1. The number of esters is 1. The molecule has 1 aliphatic heterocycles. The molecule has 3 rings (SSSR count). The molecule has 1 saturated heterocycles. The van der Waals surface area contributed by atoms with E-state index in [0.717, 1.165) is 0 Å². The Hall–Kier alpha value is -2.96. The molecule has 0 amide bonds. The maximum absolute atomic E-state index is 11.9. The standard InChI is InChI=1S/C19H21N3O4/c1-2-26-19(23)15-10-12-21(13-11-15)17-9-8-16(22(24)25)18(20-17)14-6-4-3-5-7-14/h3-9,15H,2,10-13H2,1H3. The second-order valence-corrected chi connectivity index (χ2v) is 6.17. The van der Waals surface area contributed by atoms with Crippen LogP contribution < -0.4 is 4.90 Å². The number of pyridine rings is 1. The average molecular weight is 355 g/mol. The first-order valence-electron chi connectivity index (χ1n) is 8.72. The zero-order valence-electron chi connectivity index (χ0n) is 14.6. The SMILES string of the molecule is CCOC(=O)C1CCN(c2ccc([N+](=O)[O-])c(-c3ccccc3)n2)CC1. The fourth-order valence-corrected chi connectivity index (χ4v) is 3.18. The number of hydrogen-bond acceptors (Lipinski definition) is 6. The number of nitrogens with zero attached hydrogens (tertiary/aromatic N) is 3. The minimum atomic E-state index is -0.411. The molecule has 0 radical (unpaired) electrons. The first-order valence-corrected chi connectivity index (χ1v) is 8.72. The Morgan fingerprint density at radius 2 is 1.92 bits per heavy atom. The summed E-state index contributed by atoms with van der Waals surface area (Å²) in [6, 6.07) is 12.3. The summed E-state index contributed by atoms with van der Waals surface area (Å²) in [4.78, 5) is 29.4. The van der Waals surface area contributed by atoms with Crippen molar-refractivity contribution in [2.24, 2.45) is 5.92 Å². The van der Waals surface area contributed by atoms with E-state index in [2.05, 4.69) is 9.88 Å². The zero-order valence-corrected chi connectivity index (χ0v) is 14.6. The van der Waals surface area contributed by atoms with E-state index in [4.69, 9.17) is 4.74 Å². The van der Waals surface area contributed by atoms with Crippen LogP contribution in [-0.2, 0) is 9.53 Å². The summed E-state index contributed by atoms with van der Waals surface area (Å²) in [5, 5.41) is 11.4. The fraction of sp³-hybridized carbons (Fsp3) is 0.368. The summed E-state index contributed by atoms with van der Waals surface area (Å²) in [6.07, 6.45) is 1.39. The van der Waals surface area contributed by atoms with Crippen molar-refractivity contribution in [2.75, 3.05) is 24.6 Å². The molecule has 1 aromatic heterocycles. The van der Waals surface area contributed by atoms with Gasteiger partial charge in [-0.25, -0.2) is 4.98 Å². The molecule has 0 N–H and O–H groups in total. The highest BCUT2D eigenvalue weighted by Crippen LogP contribution is 2.31. The van der Waals surface area contributed by atoms with E-state index < -0.39 is 4.92 Å². The number of aromatic nitrogens is 1. The van der Waals surface area contributed by atoms with E-state index in [1.165, 1.54) is 6.07 Å². The number of rotatable bonds is 5. The smallest absolute Gasteiger partial charge is 0.309 e. The number of carbonyl (C=O) groups is 1. The normalized spacial score (nSPS) is 14.9. The van der Waals surface area contributed by atoms with Crippen molar-refractivity contribution >= 4 is 17.5 Å². The molecule has 0 unspecified atom stereocenters. The molecular weight excluding hydrogens is 334 g/mol. The Labute approximate surface area is 151 Å². The highest BCUT2D eigenvalue weighted by atomic mass is 16.6. The quantitative estimate of drug-likeness (QED) is 0.464. The van der Waals surface area contributed by atoms with Gasteiger partial charge in [-0.2, -0.15) is 0 Å². The number of benzene rings is 1. The Morgan fingerprint density at radius 3 is 2.54 bits per heavy atom. The molecule has 0 atom stereocenters. The summed E-state index contributed by atoms with van der Waals surface area (Å²) in [7, 11) is 0. The van der Waals surface area contributed by atoms with E-state index >= 15 is 0 Å². The van der Waals surface area contributed by atoms with Gasteiger partial charge in [0.25, 0.3) is 5.69 Å². The lowest BCUT2D eigenvalue weighted by Gasteiger charge is -2.31. The minimum absolute atomic E-state index is 0.0126. The second-order valence-electron chi connectivity index (χ2n) is 6.17. The first-order chi connectivity index (χ1) is 12.6. The summed E-state index contributed by atoms with van der Waals surface area (Å²) in [5.74, 6) is 0.461. The molecule has 0 aliphatic carbocycles. The molecule has 136 valence electrons. The molecule has 0 bridgehead atoms. The lowest BCUT2D eigenvalue weighted by molar-refractivity contribution is -0.384. The van der Waals surface area contributed by atoms with Gasteiger partial charge in [0.15, 0.2) is 5.69 Å². The van der Waals surface area contributed by atoms with Crippen molar-refractivity contribution in [3.8, 4) is 11.3 Å². The van der Waals surface area contributed by atoms with Gasteiger partial charge in [0.2, 0.25) is 0 Å². The van der Waals surface area contributed by atoms with Crippen LogP contribution in [0.15, 0.2) is 42.5 Å². The highest BCUT2D eigenvalue weighted by Gasteiger charge is 2.27. The average Bonchev–Trinajstić information content (AvgIpc) is 2.68. The maximum atomic E-state index is 11.9. The number of piperidine rings is 1. The molecule has 7 nitrogen and oxygen atoms in total. The third kappa shape index (κ3) is 3.82. The van der Waals surface area contributed by atoms with Gasteiger partial charge in [-0.15, -0.1) is 0 Å². The van der Waals surface area contributed by atoms with Crippen molar-refractivity contribution < 1.29 is 14.5 Å². The van der Waals surface area contributed by atoms with E-state index in [-0.39, 0.29) is 17.6 Å². The van der Waals surface area contributed by atoms with Gasteiger partial charge < -0.3 is 9.64 Å². The second kappa shape index (κ2) is 7.95. The van der Waals surface area contributed by atoms with Crippen LogP contribution in [0.5, 0.6) is 0 Å². The first kappa shape index (κ1) is 17.8. The monoisotopic (exact) mass is 355 g/mol. The van der Waals surface area contributed by atoms with Crippen molar-refractivity contribution in [2.45, 2.75) is 19.8 Å². The van der Waals surface area contributed by atoms with Gasteiger partial charge in [-0.1, -0.05) is 30.3 Å². The minimum Gasteiger partial charge on any atom is -0.466 e.